The summed E-state index contributed by atoms with van der Waals surface area (Å²) in [6.07, 6.45) is 1.91. The van der Waals surface area contributed by atoms with E-state index in [4.69, 9.17) is 9.84 Å². The monoisotopic (exact) mass is 503 g/mol. The lowest BCUT2D eigenvalue weighted by Gasteiger charge is -2.17. The largest absolute Gasteiger partial charge is 0.476 e. The Kier molecular flexibility index (Phi) is 12.2. The highest BCUT2D eigenvalue weighted by atomic mass is 16.5. The molecule has 0 aromatic heterocycles. The standard InChI is InChI=1S/C27H31NO2.C4H6O3/c1-4-22-23(21-12-7-6-8-13-21)16-11-17-24(22)25-14-9-10-15-26(25)27(29)28-19-18-20(3)30-5-2;1-2-3(5)4(6)7/h6-17,20H,4-5,18-19H2,1-3H3,(H,28,29);2H2,1H3,(H,6,7). The zero-order chi connectivity index (χ0) is 27.2. The lowest BCUT2D eigenvalue weighted by Crippen LogP contribution is -2.27. The first-order chi connectivity index (χ1) is 17.8. The molecule has 1 atom stereocenters. The summed E-state index contributed by atoms with van der Waals surface area (Å²) in [5.74, 6) is -2.12. The fraction of sp³-hybridized carbons (Fsp3) is 0.323. The third-order valence-electron chi connectivity index (χ3n) is 5.92. The van der Waals surface area contributed by atoms with Gasteiger partial charge in [0.2, 0.25) is 5.78 Å². The first kappa shape index (κ1) is 29.5. The van der Waals surface area contributed by atoms with Gasteiger partial charge in [-0.15, -0.1) is 0 Å². The molecular formula is C31H37NO5. The average Bonchev–Trinajstić information content (AvgIpc) is 2.93. The van der Waals surface area contributed by atoms with E-state index in [0.717, 1.165) is 24.0 Å². The Morgan fingerprint density at radius 2 is 1.46 bits per heavy atom. The summed E-state index contributed by atoms with van der Waals surface area (Å²) in [5.41, 5.74) is 6.48. The molecule has 0 fully saturated rings. The number of carbonyl (C=O) groups excluding carboxylic acids is 2. The van der Waals surface area contributed by atoms with Crippen molar-refractivity contribution in [3.63, 3.8) is 0 Å². The van der Waals surface area contributed by atoms with E-state index < -0.39 is 11.8 Å². The smallest absolute Gasteiger partial charge is 0.372 e. The predicted molar refractivity (Wildman–Crippen MR) is 148 cm³/mol. The number of nitrogens with one attached hydrogen (secondary N) is 1. The highest BCUT2D eigenvalue weighted by Crippen LogP contribution is 2.34. The molecule has 0 saturated heterocycles. The number of amides is 1. The summed E-state index contributed by atoms with van der Waals surface area (Å²) >= 11 is 0. The summed E-state index contributed by atoms with van der Waals surface area (Å²) in [5, 5.41) is 10.9. The number of carboxylic acid groups (broad SMARTS) is 1. The van der Waals surface area contributed by atoms with E-state index in [1.54, 1.807) is 0 Å². The van der Waals surface area contributed by atoms with Crippen LogP contribution < -0.4 is 5.32 Å². The van der Waals surface area contributed by atoms with Crippen LogP contribution in [0.15, 0.2) is 72.8 Å². The summed E-state index contributed by atoms with van der Waals surface area (Å²) in [4.78, 5) is 32.5. The molecule has 0 aliphatic heterocycles. The van der Waals surface area contributed by atoms with Crippen LogP contribution in [0.5, 0.6) is 0 Å². The van der Waals surface area contributed by atoms with Crippen molar-refractivity contribution < 1.29 is 24.2 Å². The Morgan fingerprint density at radius 3 is 2.05 bits per heavy atom. The molecule has 3 aromatic carbocycles. The molecule has 0 saturated carbocycles. The Morgan fingerprint density at radius 1 is 0.838 bits per heavy atom. The number of Topliss-reactive ketones (excluding diaryl/α,β-unsaturated/α-hetero) is 1. The van der Waals surface area contributed by atoms with Crippen LogP contribution in [0, 0.1) is 0 Å². The van der Waals surface area contributed by atoms with Crippen LogP contribution >= 0.6 is 0 Å². The van der Waals surface area contributed by atoms with Crippen LogP contribution in [-0.4, -0.2) is 42.0 Å². The van der Waals surface area contributed by atoms with Crippen LogP contribution in [0.1, 0.15) is 56.5 Å². The Labute approximate surface area is 219 Å². The minimum Gasteiger partial charge on any atom is -0.476 e. The number of rotatable bonds is 11. The van der Waals surface area contributed by atoms with Gasteiger partial charge in [0.05, 0.1) is 6.10 Å². The summed E-state index contributed by atoms with van der Waals surface area (Å²) < 4.78 is 5.56. The van der Waals surface area contributed by atoms with Crippen molar-refractivity contribution in [1.82, 2.24) is 5.32 Å². The number of ketones is 1. The Balaban J connectivity index is 0.000000604. The zero-order valence-electron chi connectivity index (χ0n) is 22.1. The maximum atomic E-state index is 13.0. The van der Waals surface area contributed by atoms with Gasteiger partial charge in [0.25, 0.3) is 5.91 Å². The lowest BCUT2D eigenvalue weighted by molar-refractivity contribution is -0.148. The topological polar surface area (TPSA) is 92.7 Å². The zero-order valence-corrected chi connectivity index (χ0v) is 22.1. The number of ether oxygens (including phenoxy) is 1. The molecule has 0 radical (unpaired) electrons. The second-order valence-corrected chi connectivity index (χ2v) is 8.49. The van der Waals surface area contributed by atoms with Crippen molar-refractivity contribution in [2.45, 2.75) is 53.1 Å². The maximum absolute atomic E-state index is 13.0. The Bertz CT molecular complexity index is 1170. The number of aliphatic carboxylic acids is 1. The molecule has 0 aliphatic rings. The normalized spacial score (nSPS) is 11.1. The molecule has 0 bridgehead atoms. The molecule has 6 heteroatoms. The van der Waals surface area contributed by atoms with Crippen molar-refractivity contribution in [2.24, 2.45) is 0 Å². The van der Waals surface area contributed by atoms with Gasteiger partial charge in [-0.25, -0.2) is 4.79 Å². The maximum Gasteiger partial charge on any atom is 0.372 e. The van der Waals surface area contributed by atoms with Crippen LogP contribution in [0.4, 0.5) is 0 Å². The van der Waals surface area contributed by atoms with Gasteiger partial charge in [-0.2, -0.15) is 0 Å². The van der Waals surface area contributed by atoms with Crippen molar-refractivity contribution in [1.29, 1.82) is 0 Å². The average molecular weight is 504 g/mol. The number of hydrogen-bond donors (Lipinski definition) is 2. The minimum absolute atomic E-state index is 0.0403. The molecule has 1 unspecified atom stereocenters. The second kappa shape index (κ2) is 15.4. The van der Waals surface area contributed by atoms with Gasteiger partial charge in [0, 0.05) is 25.1 Å². The van der Waals surface area contributed by atoms with E-state index in [1.165, 1.54) is 23.6 Å². The number of carbonyl (C=O) groups is 3. The highest BCUT2D eigenvalue weighted by Gasteiger charge is 2.17. The molecule has 3 rings (SSSR count). The van der Waals surface area contributed by atoms with E-state index >= 15 is 0 Å². The van der Waals surface area contributed by atoms with Crippen molar-refractivity contribution in [2.75, 3.05) is 13.2 Å². The van der Waals surface area contributed by atoms with Gasteiger partial charge in [-0.3, -0.25) is 9.59 Å². The molecule has 2 N–H and O–H groups in total. The van der Waals surface area contributed by atoms with E-state index in [-0.39, 0.29) is 18.4 Å². The first-order valence-corrected chi connectivity index (χ1v) is 12.8. The number of carboxylic acids is 1. The molecular weight excluding hydrogens is 466 g/mol. The van der Waals surface area contributed by atoms with Gasteiger partial charge in [-0.05, 0) is 60.6 Å². The SMILES string of the molecule is CCC(=O)C(=O)O.CCOC(C)CCNC(=O)c1ccccc1-c1cccc(-c2ccccc2)c1CC. The van der Waals surface area contributed by atoms with Crippen LogP contribution in [0.3, 0.4) is 0 Å². The molecule has 0 heterocycles. The fourth-order valence-electron chi connectivity index (χ4n) is 4.03. The molecule has 0 spiro atoms. The van der Waals surface area contributed by atoms with E-state index in [1.807, 2.05) is 44.2 Å². The van der Waals surface area contributed by atoms with Gasteiger partial charge < -0.3 is 15.2 Å². The van der Waals surface area contributed by atoms with Crippen molar-refractivity contribution >= 4 is 17.7 Å². The molecule has 37 heavy (non-hydrogen) atoms. The quantitative estimate of drug-likeness (QED) is 0.305. The van der Waals surface area contributed by atoms with E-state index in [0.29, 0.717) is 18.7 Å². The highest BCUT2D eigenvalue weighted by molar-refractivity contribution is 6.32. The first-order valence-electron chi connectivity index (χ1n) is 12.8. The van der Waals surface area contributed by atoms with Gasteiger partial charge in [0.15, 0.2) is 0 Å². The predicted octanol–water partition coefficient (Wildman–Crippen LogP) is 6.18. The molecule has 0 aliphatic carbocycles. The van der Waals surface area contributed by atoms with Gasteiger partial charge in [0.1, 0.15) is 0 Å². The van der Waals surface area contributed by atoms with Crippen LogP contribution in [0.25, 0.3) is 22.3 Å². The molecule has 1 amide bonds. The number of hydrogen-bond acceptors (Lipinski definition) is 4. The number of benzene rings is 3. The lowest BCUT2D eigenvalue weighted by atomic mass is 9.88. The van der Waals surface area contributed by atoms with Crippen LogP contribution in [-0.2, 0) is 20.7 Å². The van der Waals surface area contributed by atoms with Gasteiger partial charge >= 0.3 is 5.97 Å². The molecule has 196 valence electrons. The van der Waals surface area contributed by atoms with Crippen molar-refractivity contribution in [3.05, 3.63) is 83.9 Å². The molecule has 3 aromatic rings. The fourth-order valence-corrected chi connectivity index (χ4v) is 4.03. The minimum atomic E-state index is -1.34. The van der Waals surface area contributed by atoms with Crippen molar-refractivity contribution in [3.8, 4) is 22.3 Å². The van der Waals surface area contributed by atoms with E-state index in [2.05, 4.69) is 54.7 Å². The summed E-state index contributed by atoms with van der Waals surface area (Å²) in [6, 6.07) is 24.7. The Hall–Kier alpha value is -3.77. The second-order valence-electron chi connectivity index (χ2n) is 8.49. The van der Waals surface area contributed by atoms with Crippen LogP contribution in [0.2, 0.25) is 0 Å². The van der Waals surface area contributed by atoms with Gasteiger partial charge in [-0.1, -0.05) is 80.6 Å². The summed E-state index contributed by atoms with van der Waals surface area (Å²) in [7, 11) is 0. The molecule has 6 nitrogen and oxygen atoms in total. The summed E-state index contributed by atoms with van der Waals surface area (Å²) in [6.45, 7) is 8.99. The third-order valence-corrected chi connectivity index (χ3v) is 5.92. The third kappa shape index (κ3) is 8.69. The van der Waals surface area contributed by atoms with E-state index in [9.17, 15) is 14.4 Å².